The second kappa shape index (κ2) is 5.40. The lowest BCUT2D eigenvalue weighted by atomic mass is 10.1. The Hall–Kier alpha value is -0.890. The largest absolute Gasteiger partial charge is 0.481 e. The topological polar surface area (TPSA) is 94.0 Å². The first-order chi connectivity index (χ1) is 8.50. The van der Waals surface area contributed by atoms with Crippen LogP contribution in [0.5, 0.6) is 0 Å². The molecule has 100 valence electrons. The Morgan fingerprint density at radius 1 is 1.67 bits per heavy atom. The van der Waals surface area contributed by atoms with Crippen LogP contribution >= 0.6 is 23.5 Å². The van der Waals surface area contributed by atoms with E-state index in [0.717, 1.165) is 30.5 Å². The summed E-state index contributed by atoms with van der Waals surface area (Å²) in [5, 5.41) is 17.1. The third-order valence-electron chi connectivity index (χ3n) is 2.86. The van der Waals surface area contributed by atoms with Crippen molar-refractivity contribution in [3.63, 3.8) is 0 Å². The van der Waals surface area contributed by atoms with Crippen molar-refractivity contribution in [3.8, 4) is 0 Å². The number of carbonyl (C=O) groups is 1. The zero-order chi connectivity index (χ0) is 13.2. The Morgan fingerprint density at radius 3 is 3.06 bits per heavy atom. The molecule has 0 amide bonds. The first-order valence-corrected chi connectivity index (χ1v) is 7.64. The molecule has 0 radical (unpaired) electrons. The van der Waals surface area contributed by atoms with Crippen LogP contribution < -0.4 is 5.73 Å². The van der Waals surface area contributed by atoms with Gasteiger partial charge in [-0.1, -0.05) is 11.8 Å². The molecule has 0 spiro atoms. The van der Waals surface area contributed by atoms with Crippen molar-refractivity contribution in [1.29, 1.82) is 0 Å². The fourth-order valence-electron chi connectivity index (χ4n) is 1.98. The van der Waals surface area contributed by atoms with Crippen LogP contribution in [-0.4, -0.2) is 42.1 Å². The van der Waals surface area contributed by atoms with Gasteiger partial charge < -0.3 is 10.8 Å². The van der Waals surface area contributed by atoms with E-state index >= 15 is 0 Å². The number of aliphatic carboxylic acids is 1. The molecule has 3 N–H and O–H groups in total. The number of nitrogens with two attached hydrogens (primary N) is 1. The summed E-state index contributed by atoms with van der Waals surface area (Å²) in [7, 11) is 0. The van der Waals surface area contributed by atoms with E-state index in [0.29, 0.717) is 11.1 Å². The molecular weight excluding hydrogens is 272 g/mol. The Bertz CT molecular complexity index is 443. The lowest BCUT2D eigenvalue weighted by Crippen LogP contribution is -2.25. The number of anilines is 1. The third kappa shape index (κ3) is 3.11. The predicted molar refractivity (Wildman–Crippen MR) is 72.9 cm³/mol. The maximum absolute atomic E-state index is 10.6. The third-order valence-corrected chi connectivity index (χ3v) is 5.34. The highest BCUT2D eigenvalue weighted by molar-refractivity contribution is 8.00. The number of hydrogen-bond donors (Lipinski definition) is 2. The number of hydrogen-bond acceptors (Lipinski definition) is 6. The molecule has 1 aromatic rings. The quantitative estimate of drug-likeness (QED) is 0.789. The standard InChI is InChI=1S/C10H16N4O2S2/c1-10(3-2-4-18-10)6-14-8(11)12-13-9(14)17-5-7(15)16/h2-6H2,1H3,(H2,11,12)(H,15,16). The van der Waals surface area contributed by atoms with Gasteiger partial charge in [-0.15, -0.1) is 10.2 Å². The van der Waals surface area contributed by atoms with Crippen LogP contribution in [0.4, 0.5) is 5.95 Å². The van der Waals surface area contributed by atoms with Crippen LogP contribution in [0.25, 0.3) is 0 Å². The highest BCUT2D eigenvalue weighted by Crippen LogP contribution is 2.40. The van der Waals surface area contributed by atoms with E-state index in [-0.39, 0.29) is 10.5 Å². The first kappa shape index (κ1) is 13.5. The Balaban J connectivity index is 2.11. The van der Waals surface area contributed by atoms with Crippen LogP contribution in [-0.2, 0) is 11.3 Å². The number of thioether (sulfide) groups is 2. The molecule has 0 saturated carbocycles. The summed E-state index contributed by atoms with van der Waals surface area (Å²) in [5.74, 6) is 0.629. The molecule has 18 heavy (non-hydrogen) atoms. The van der Waals surface area contributed by atoms with Crippen molar-refractivity contribution < 1.29 is 9.90 Å². The van der Waals surface area contributed by atoms with Gasteiger partial charge in [-0.2, -0.15) is 11.8 Å². The van der Waals surface area contributed by atoms with E-state index in [2.05, 4.69) is 17.1 Å². The Labute approximate surface area is 114 Å². The lowest BCUT2D eigenvalue weighted by molar-refractivity contribution is -0.133. The van der Waals surface area contributed by atoms with Crippen molar-refractivity contribution in [2.24, 2.45) is 0 Å². The average Bonchev–Trinajstić information content (AvgIpc) is 2.86. The highest BCUT2D eigenvalue weighted by atomic mass is 32.2. The summed E-state index contributed by atoms with van der Waals surface area (Å²) in [6, 6.07) is 0. The molecule has 1 unspecified atom stereocenters. The minimum Gasteiger partial charge on any atom is -0.481 e. The van der Waals surface area contributed by atoms with Gasteiger partial charge in [0.25, 0.3) is 0 Å². The van der Waals surface area contributed by atoms with E-state index in [1.807, 2.05) is 16.3 Å². The highest BCUT2D eigenvalue weighted by Gasteiger charge is 2.31. The van der Waals surface area contributed by atoms with Gasteiger partial charge in [0.15, 0.2) is 5.16 Å². The van der Waals surface area contributed by atoms with Crippen LogP contribution in [0.15, 0.2) is 5.16 Å². The molecular formula is C10H16N4O2S2. The van der Waals surface area contributed by atoms with E-state index < -0.39 is 5.97 Å². The first-order valence-electron chi connectivity index (χ1n) is 5.67. The number of carboxylic acids is 1. The van der Waals surface area contributed by atoms with Crippen molar-refractivity contribution in [3.05, 3.63) is 0 Å². The van der Waals surface area contributed by atoms with Gasteiger partial charge in [-0.3, -0.25) is 9.36 Å². The minimum atomic E-state index is -0.866. The zero-order valence-corrected chi connectivity index (χ0v) is 11.8. The van der Waals surface area contributed by atoms with Gasteiger partial charge in [-0.05, 0) is 25.5 Å². The monoisotopic (exact) mass is 288 g/mol. The average molecular weight is 288 g/mol. The second-order valence-corrected chi connectivity index (χ2v) is 7.14. The van der Waals surface area contributed by atoms with Gasteiger partial charge in [-0.25, -0.2) is 0 Å². The van der Waals surface area contributed by atoms with Crippen LogP contribution in [0.1, 0.15) is 19.8 Å². The molecule has 1 fully saturated rings. The summed E-state index contributed by atoms with van der Waals surface area (Å²) >= 11 is 3.09. The van der Waals surface area contributed by atoms with Crippen molar-refractivity contribution >= 4 is 35.4 Å². The fourth-order valence-corrected chi connectivity index (χ4v) is 3.93. The number of aromatic nitrogens is 3. The van der Waals surface area contributed by atoms with Gasteiger partial charge in [0.2, 0.25) is 5.95 Å². The molecule has 0 aliphatic carbocycles. The number of rotatable bonds is 5. The Morgan fingerprint density at radius 2 is 2.44 bits per heavy atom. The maximum atomic E-state index is 10.6. The van der Waals surface area contributed by atoms with Gasteiger partial charge in [0.05, 0.1) is 5.75 Å². The smallest absolute Gasteiger partial charge is 0.313 e. The molecule has 2 heterocycles. The summed E-state index contributed by atoms with van der Waals surface area (Å²) in [5.41, 5.74) is 5.80. The van der Waals surface area contributed by atoms with Crippen molar-refractivity contribution in [2.45, 2.75) is 36.2 Å². The summed E-state index contributed by atoms with van der Waals surface area (Å²) in [6.07, 6.45) is 2.35. The number of carboxylic acid groups (broad SMARTS) is 1. The SMILES string of the molecule is CC1(Cn2c(N)nnc2SCC(=O)O)CCCS1. The fraction of sp³-hybridized carbons (Fsp3) is 0.700. The van der Waals surface area contributed by atoms with Crippen LogP contribution in [0.3, 0.4) is 0 Å². The second-order valence-electron chi connectivity index (χ2n) is 4.51. The van der Waals surface area contributed by atoms with E-state index in [4.69, 9.17) is 10.8 Å². The molecule has 1 saturated heterocycles. The molecule has 1 aliphatic heterocycles. The normalized spacial score (nSPS) is 23.4. The van der Waals surface area contributed by atoms with Gasteiger partial charge in [0, 0.05) is 11.3 Å². The molecule has 2 rings (SSSR count). The molecule has 1 aromatic heterocycles. The predicted octanol–water partition coefficient (Wildman–Crippen LogP) is 1.32. The molecule has 0 aromatic carbocycles. The number of nitrogen functional groups attached to an aromatic ring is 1. The molecule has 1 atom stereocenters. The van der Waals surface area contributed by atoms with Crippen molar-refractivity contribution in [1.82, 2.24) is 14.8 Å². The summed E-state index contributed by atoms with van der Waals surface area (Å²) in [6.45, 7) is 2.94. The van der Waals surface area contributed by atoms with E-state index in [1.165, 1.54) is 6.42 Å². The molecule has 8 heteroatoms. The summed E-state index contributed by atoms with van der Waals surface area (Å²) < 4.78 is 1.97. The van der Waals surface area contributed by atoms with Crippen molar-refractivity contribution in [2.75, 3.05) is 17.2 Å². The molecule has 1 aliphatic rings. The van der Waals surface area contributed by atoms with Gasteiger partial charge >= 0.3 is 5.97 Å². The molecule has 6 nitrogen and oxygen atoms in total. The maximum Gasteiger partial charge on any atom is 0.313 e. The van der Waals surface area contributed by atoms with E-state index in [1.54, 1.807) is 0 Å². The number of nitrogens with zero attached hydrogens (tertiary/aromatic N) is 3. The lowest BCUT2D eigenvalue weighted by Gasteiger charge is -2.24. The summed E-state index contributed by atoms with van der Waals surface area (Å²) in [4.78, 5) is 10.6. The van der Waals surface area contributed by atoms with Crippen LogP contribution in [0.2, 0.25) is 0 Å². The molecule has 0 bridgehead atoms. The minimum absolute atomic E-state index is 0.0258. The van der Waals surface area contributed by atoms with E-state index in [9.17, 15) is 4.79 Å². The Kier molecular flexibility index (Phi) is 4.06. The zero-order valence-electron chi connectivity index (χ0n) is 10.1. The van der Waals surface area contributed by atoms with Crippen LogP contribution in [0, 0.1) is 0 Å². The van der Waals surface area contributed by atoms with Gasteiger partial charge in [0.1, 0.15) is 0 Å².